The van der Waals surface area contributed by atoms with Crippen molar-refractivity contribution in [3.8, 4) is 0 Å². The van der Waals surface area contributed by atoms with E-state index in [9.17, 15) is 4.79 Å². The van der Waals surface area contributed by atoms with Crippen molar-refractivity contribution in [2.45, 2.75) is 38.1 Å². The number of nitrogens with one attached hydrogen (secondary N) is 2. The van der Waals surface area contributed by atoms with Gasteiger partial charge in [0.2, 0.25) is 0 Å². The van der Waals surface area contributed by atoms with Gasteiger partial charge in [0.1, 0.15) is 12.1 Å². The highest BCUT2D eigenvalue weighted by Gasteiger charge is 2.33. The molecular formula is C13H20N6O. The molecule has 1 fully saturated rings. The summed E-state index contributed by atoms with van der Waals surface area (Å²) in [6.45, 7) is 2.86. The Hall–Kier alpha value is -1.89. The summed E-state index contributed by atoms with van der Waals surface area (Å²) >= 11 is 0. The van der Waals surface area contributed by atoms with Crippen molar-refractivity contribution in [3.63, 3.8) is 0 Å². The smallest absolute Gasteiger partial charge is 0.348 e. The molecule has 2 aromatic heterocycles. The topological polar surface area (TPSA) is 101 Å². The van der Waals surface area contributed by atoms with E-state index < -0.39 is 0 Å². The van der Waals surface area contributed by atoms with E-state index in [1.807, 2.05) is 0 Å². The number of hydrogen-bond donors (Lipinski definition) is 3. The third-order valence-corrected chi connectivity index (χ3v) is 4.33. The van der Waals surface area contributed by atoms with Gasteiger partial charge in [-0.2, -0.15) is 5.10 Å². The zero-order chi connectivity index (χ0) is 14.2. The van der Waals surface area contributed by atoms with Crippen LogP contribution in [-0.2, 0) is 0 Å². The number of nitrogens with zero attached hydrogens (tertiary/aromatic N) is 3. The Kier molecular flexibility index (Phi) is 3.21. The number of hydrogen-bond acceptors (Lipinski definition) is 5. The minimum atomic E-state index is -0.279. The normalized spacial score (nSPS) is 26.8. The van der Waals surface area contributed by atoms with Gasteiger partial charge in [0.05, 0.1) is 5.54 Å². The van der Waals surface area contributed by atoms with E-state index >= 15 is 0 Å². The van der Waals surface area contributed by atoms with Crippen molar-refractivity contribution in [1.82, 2.24) is 19.6 Å². The van der Waals surface area contributed by atoms with E-state index in [2.05, 4.69) is 27.4 Å². The zero-order valence-corrected chi connectivity index (χ0v) is 11.6. The largest absolute Gasteiger partial charge is 0.363 e. The Bertz CT molecular complexity index is 652. The van der Waals surface area contributed by atoms with Gasteiger partial charge in [-0.15, -0.1) is 0 Å². The van der Waals surface area contributed by atoms with Crippen molar-refractivity contribution in [1.29, 1.82) is 0 Å². The molecule has 0 radical (unpaired) electrons. The lowest BCUT2D eigenvalue weighted by molar-refractivity contribution is 0.271. The molecule has 2 heterocycles. The summed E-state index contributed by atoms with van der Waals surface area (Å²) in [5.41, 5.74) is 6.17. The molecule has 2 aromatic rings. The number of nitrogens with two attached hydrogens (primary N) is 1. The molecule has 7 nitrogen and oxygen atoms in total. The Balaban J connectivity index is 1.85. The lowest BCUT2D eigenvalue weighted by Gasteiger charge is -2.39. The molecule has 1 saturated carbocycles. The minimum Gasteiger partial charge on any atom is -0.363 e. The Morgan fingerprint density at radius 1 is 1.55 bits per heavy atom. The van der Waals surface area contributed by atoms with Crippen LogP contribution in [0.1, 0.15) is 32.6 Å². The second kappa shape index (κ2) is 4.90. The Morgan fingerprint density at radius 2 is 2.30 bits per heavy atom. The van der Waals surface area contributed by atoms with Crippen LogP contribution in [0.3, 0.4) is 0 Å². The van der Waals surface area contributed by atoms with Crippen LogP contribution in [0.4, 0.5) is 5.82 Å². The van der Waals surface area contributed by atoms with E-state index in [1.165, 1.54) is 23.6 Å². The van der Waals surface area contributed by atoms with Crippen molar-refractivity contribution in [2.75, 3.05) is 11.9 Å². The van der Waals surface area contributed by atoms with Gasteiger partial charge in [-0.3, -0.25) is 0 Å². The van der Waals surface area contributed by atoms with Crippen LogP contribution in [0.2, 0.25) is 0 Å². The number of aromatic nitrogens is 4. The molecule has 0 amide bonds. The average Bonchev–Trinajstić information content (AvgIpc) is 2.83. The molecule has 3 rings (SSSR count). The second-order valence-electron chi connectivity index (χ2n) is 5.82. The highest BCUT2D eigenvalue weighted by molar-refractivity contribution is 5.49. The first-order chi connectivity index (χ1) is 9.62. The lowest BCUT2D eigenvalue weighted by atomic mass is 9.77. The molecular weight excluding hydrogens is 256 g/mol. The fraction of sp³-hybridized carbons (Fsp3) is 0.615. The molecule has 108 valence electrons. The third kappa shape index (κ3) is 2.29. The van der Waals surface area contributed by atoms with Gasteiger partial charge in [0.25, 0.3) is 0 Å². The highest BCUT2D eigenvalue weighted by atomic mass is 16.1. The summed E-state index contributed by atoms with van der Waals surface area (Å²) in [5, 5.41) is 9.81. The summed E-state index contributed by atoms with van der Waals surface area (Å²) < 4.78 is 1.38. The van der Waals surface area contributed by atoms with Gasteiger partial charge >= 0.3 is 5.69 Å². The van der Waals surface area contributed by atoms with Gasteiger partial charge in [0.15, 0.2) is 5.65 Å². The first kappa shape index (κ1) is 13.1. The number of H-pyrrole nitrogens is 1. The van der Waals surface area contributed by atoms with E-state index in [1.54, 1.807) is 6.07 Å². The molecule has 0 aliphatic heterocycles. The quantitative estimate of drug-likeness (QED) is 0.767. The fourth-order valence-electron chi connectivity index (χ4n) is 2.84. The molecule has 0 aromatic carbocycles. The molecule has 0 saturated heterocycles. The number of aromatic amines is 1. The maximum Gasteiger partial charge on any atom is 0.348 e. The predicted molar refractivity (Wildman–Crippen MR) is 76.6 cm³/mol. The summed E-state index contributed by atoms with van der Waals surface area (Å²) in [6.07, 6.45) is 5.93. The van der Waals surface area contributed by atoms with Crippen LogP contribution in [0.25, 0.3) is 5.65 Å². The molecule has 20 heavy (non-hydrogen) atoms. The van der Waals surface area contributed by atoms with Crippen LogP contribution < -0.4 is 16.7 Å². The third-order valence-electron chi connectivity index (χ3n) is 4.33. The summed E-state index contributed by atoms with van der Waals surface area (Å²) in [7, 11) is 0. The van der Waals surface area contributed by atoms with Gasteiger partial charge in [-0.05, 0) is 31.6 Å². The van der Waals surface area contributed by atoms with Crippen molar-refractivity contribution in [2.24, 2.45) is 11.7 Å². The number of fused-ring (bicyclic) bond motifs is 1. The van der Waals surface area contributed by atoms with Crippen molar-refractivity contribution < 1.29 is 0 Å². The first-order valence-corrected chi connectivity index (χ1v) is 7.03. The lowest BCUT2D eigenvalue weighted by Crippen LogP contribution is -2.48. The molecule has 1 aliphatic rings. The van der Waals surface area contributed by atoms with E-state index in [0.29, 0.717) is 12.2 Å². The average molecular weight is 276 g/mol. The number of anilines is 1. The van der Waals surface area contributed by atoms with E-state index in [-0.39, 0.29) is 11.2 Å². The SMILES string of the molecule is CC1CCC(CN)(Nc2cc3n[nH]c(=O)n3cn2)CC1. The highest BCUT2D eigenvalue weighted by Crippen LogP contribution is 2.33. The molecule has 4 N–H and O–H groups in total. The van der Waals surface area contributed by atoms with Crippen LogP contribution in [0, 0.1) is 5.92 Å². The minimum absolute atomic E-state index is 0.0888. The molecule has 0 bridgehead atoms. The fourth-order valence-corrected chi connectivity index (χ4v) is 2.84. The molecule has 1 aliphatic carbocycles. The van der Waals surface area contributed by atoms with Gasteiger partial charge in [0, 0.05) is 12.6 Å². The standard InChI is InChI=1S/C13H20N6O/c1-9-2-4-13(7-14,5-3-9)16-10-6-11-17-18-12(20)19(11)8-15-10/h6,8-9,16H,2-5,7,14H2,1H3,(H,18,20). The molecule has 0 spiro atoms. The molecule has 7 heteroatoms. The first-order valence-electron chi connectivity index (χ1n) is 7.03. The Morgan fingerprint density at radius 3 is 3.00 bits per heavy atom. The summed E-state index contributed by atoms with van der Waals surface area (Å²) in [4.78, 5) is 15.7. The molecule has 0 atom stereocenters. The van der Waals surface area contributed by atoms with Crippen LogP contribution in [0.5, 0.6) is 0 Å². The second-order valence-corrected chi connectivity index (χ2v) is 5.82. The molecule has 0 unspecified atom stereocenters. The van der Waals surface area contributed by atoms with Crippen molar-refractivity contribution >= 4 is 11.5 Å². The van der Waals surface area contributed by atoms with Gasteiger partial charge in [-0.25, -0.2) is 19.3 Å². The van der Waals surface area contributed by atoms with E-state index in [4.69, 9.17) is 5.73 Å². The van der Waals surface area contributed by atoms with Crippen LogP contribution in [-0.4, -0.2) is 31.7 Å². The predicted octanol–water partition coefficient (Wildman–Crippen LogP) is 0.737. The Labute approximate surface area is 116 Å². The van der Waals surface area contributed by atoms with Gasteiger partial charge < -0.3 is 11.1 Å². The number of rotatable bonds is 3. The van der Waals surface area contributed by atoms with Crippen molar-refractivity contribution in [3.05, 3.63) is 22.9 Å². The zero-order valence-electron chi connectivity index (χ0n) is 11.6. The van der Waals surface area contributed by atoms with Gasteiger partial charge in [-0.1, -0.05) is 6.92 Å². The van der Waals surface area contributed by atoms with Crippen LogP contribution >= 0.6 is 0 Å². The summed E-state index contributed by atoms with van der Waals surface area (Å²) in [6, 6.07) is 1.77. The maximum atomic E-state index is 11.4. The van der Waals surface area contributed by atoms with E-state index in [0.717, 1.165) is 24.6 Å². The maximum absolute atomic E-state index is 11.4. The monoisotopic (exact) mass is 276 g/mol. The summed E-state index contributed by atoms with van der Waals surface area (Å²) in [5.74, 6) is 1.48. The van der Waals surface area contributed by atoms with Crippen LogP contribution in [0.15, 0.2) is 17.2 Å².